The van der Waals surface area contributed by atoms with Crippen LogP contribution in [0.25, 0.3) is 17.0 Å². The molecule has 2 heterocycles. The molecule has 2 aromatic carbocycles. The largest absolute Gasteiger partial charge is 0.326 e. The molecule has 5 nitrogen and oxygen atoms in total. The molecule has 0 saturated heterocycles. The van der Waals surface area contributed by atoms with Crippen molar-refractivity contribution < 1.29 is 4.79 Å². The molecule has 27 heavy (non-hydrogen) atoms. The number of carbonyl (C=O) groups is 1. The number of anilines is 1. The van der Waals surface area contributed by atoms with Gasteiger partial charge >= 0.3 is 0 Å². The molecule has 4 rings (SSSR count). The zero-order valence-corrected chi connectivity index (χ0v) is 15.4. The molecule has 134 valence electrons. The van der Waals surface area contributed by atoms with Gasteiger partial charge in [0.1, 0.15) is 0 Å². The van der Waals surface area contributed by atoms with Crippen molar-refractivity contribution in [2.24, 2.45) is 0 Å². The van der Waals surface area contributed by atoms with Crippen molar-refractivity contribution in [1.29, 1.82) is 0 Å². The molecule has 0 radical (unpaired) electrons. The average Bonchev–Trinajstić information content (AvgIpc) is 3.09. The lowest BCUT2D eigenvalue weighted by atomic mass is 10.1. The number of hydrogen-bond donors (Lipinski definition) is 1. The number of fused-ring (bicyclic) bond motifs is 1. The third-order valence-electron chi connectivity index (χ3n) is 4.35. The summed E-state index contributed by atoms with van der Waals surface area (Å²) in [7, 11) is 0. The predicted molar refractivity (Wildman–Crippen MR) is 107 cm³/mol. The van der Waals surface area contributed by atoms with Crippen molar-refractivity contribution in [2.75, 3.05) is 5.32 Å². The van der Waals surface area contributed by atoms with E-state index in [-0.39, 0.29) is 12.3 Å². The van der Waals surface area contributed by atoms with E-state index >= 15 is 0 Å². The van der Waals surface area contributed by atoms with Crippen LogP contribution >= 0.6 is 11.6 Å². The van der Waals surface area contributed by atoms with Crippen molar-refractivity contribution in [3.8, 4) is 11.3 Å². The van der Waals surface area contributed by atoms with E-state index in [1.807, 2.05) is 66.2 Å². The second kappa shape index (κ2) is 7.21. The van der Waals surface area contributed by atoms with Crippen LogP contribution in [0.4, 0.5) is 5.69 Å². The fraction of sp³-hybridized carbons (Fsp3) is 0.0952. The van der Waals surface area contributed by atoms with E-state index in [4.69, 9.17) is 11.6 Å². The van der Waals surface area contributed by atoms with E-state index in [0.717, 1.165) is 28.1 Å². The Morgan fingerprint density at radius 2 is 2.04 bits per heavy atom. The number of carbonyl (C=O) groups excluding carboxylic acids is 1. The lowest BCUT2D eigenvalue weighted by Crippen LogP contribution is -2.15. The van der Waals surface area contributed by atoms with Crippen molar-refractivity contribution >= 4 is 29.0 Å². The highest BCUT2D eigenvalue weighted by Gasteiger charge is 2.11. The Morgan fingerprint density at radius 3 is 2.85 bits per heavy atom. The van der Waals surface area contributed by atoms with Crippen molar-refractivity contribution in [3.63, 3.8) is 0 Å². The van der Waals surface area contributed by atoms with Crippen LogP contribution in [0.15, 0.2) is 67.1 Å². The first-order valence-corrected chi connectivity index (χ1v) is 8.92. The summed E-state index contributed by atoms with van der Waals surface area (Å²) in [6, 6.07) is 15.1. The number of nitrogens with one attached hydrogen (secondary N) is 1. The van der Waals surface area contributed by atoms with E-state index in [1.165, 1.54) is 0 Å². The molecule has 0 unspecified atom stereocenters. The molecule has 0 aliphatic rings. The van der Waals surface area contributed by atoms with Gasteiger partial charge in [0.25, 0.3) is 0 Å². The van der Waals surface area contributed by atoms with Crippen molar-refractivity contribution in [1.82, 2.24) is 14.4 Å². The summed E-state index contributed by atoms with van der Waals surface area (Å²) in [5.41, 5.74) is 4.26. The molecular weight excluding hydrogens is 360 g/mol. The number of hydrogen-bond acceptors (Lipinski definition) is 3. The predicted octanol–water partition coefficient (Wildman–Crippen LogP) is 4.54. The maximum absolute atomic E-state index is 12.5. The molecule has 4 aromatic rings. The van der Waals surface area contributed by atoms with Crippen LogP contribution < -0.4 is 5.32 Å². The lowest BCUT2D eigenvalue weighted by molar-refractivity contribution is -0.115. The second-order valence-electron chi connectivity index (χ2n) is 6.30. The third-order valence-corrected chi connectivity index (χ3v) is 4.72. The Balaban J connectivity index is 1.59. The van der Waals surface area contributed by atoms with Crippen LogP contribution in [0.3, 0.4) is 0 Å². The Bertz CT molecular complexity index is 1100. The summed E-state index contributed by atoms with van der Waals surface area (Å²) >= 11 is 6.15. The van der Waals surface area contributed by atoms with Crippen LogP contribution in [0, 0.1) is 6.92 Å². The molecule has 1 amide bonds. The number of nitrogens with zero attached hydrogens (tertiary/aromatic N) is 3. The minimum atomic E-state index is -0.111. The first kappa shape index (κ1) is 17.2. The second-order valence-corrected chi connectivity index (χ2v) is 6.71. The standard InChI is InChI=1S/C21H17ClN4O/c1-14-7-8-16(19-13-26-10-4-9-23-21(26)25-19)11-18(14)24-20(27)12-15-5-2-3-6-17(15)22/h2-11,13H,12H2,1H3,(H,24,27). The smallest absolute Gasteiger partial charge is 0.234 e. The topological polar surface area (TPSA) is 59.3 Å². The number of amides is 1. The minimum absolute atomic E-state index is 0.111. The Kier molecular flexibility index (Phi) is 4.60. The highest BCUT2D eigenvalue weighted by molar-refractivity contribution is 6.31. The quantitative estimate of drug-likeness (QED) is 0.568. The zero-order chi connectivity index (χ0) is 18.8. The fourth-order valence-corrected chi connectivity index (χ4v) is 3.10. The van der Waals surface area contributed by atoms with Crippen molar-refractivity contribution in [2.45, 2.75) is 13.3 Å². The third kappa shape index (κ3) is 3.68. The van der Waals surface area contributed by atoms with Gasteiger partial charge in [-0.15, -0.1) is 0 Å². The maximum atomic E-state index is 12.5. The Morgan fingerprint density at radius 1 is 1.19 bits per heavy atom. The molecule has 0 saturated carbocycles. The summed E-state index contributed by atoms with van der Waals surface area (Å²) in [5.74, 6) is 0.525. The van der Waals surface area contributed by atoms with Gasteiger partial charge in [0, 0.05) is 34.9 Å². The van der Waals surface area contributed by atoms with Crippen LogP contribution in [0.2, 0.25) is 5.02 Å². The monoisotopic (exact) mass is 376 g/mol. The molecule has 0 atom stereocenters. The molecule has 0 aliphatic heterocycles. The highest BCUT2D eigenvalue weighted by atomic mass is 35.5. The van der Waals surface area contributed by atoms with Gasteiger partial charge in [0.05, 0.1) is 12.1 Å². The zero-order valence-electron chi connectivity index (χ0n) is 14.7. The number of halogens is 1. The molecule has 0 fully saturated rings. The summed E-state index contributed by atoms with van der Waals surface area (Å²) in [6.07, 6.45) is 5.75. The van der Waals surface area contributed by atoms with Gasteiger partial charge in [0.2, 0.25) is 11.7 Å². The molecule has 0 spiro atoms. The van der Waals surface area contributed by atoms with Gasteiger partial charge in [-0.05, 0) is 36.2 Å². The van der Waals surface area contributed by atoms with Crippen LogP contribution in [-0.2, 0) is 11.2 Å². The Hall–Kier alpha value is -3.18. The summed E-state index contributed by atoms with van der Waals surface area (Å²) in [4.78, 5) is 21.2. The van der Waals surface area contributed by atoms with Gasteiger partial charge < -0.3 is 5.32 Å². The first-order chi connectivity index (χ1) is 13.1. The summed E-state index contributed by atoms with van der Waals surface area (Å²) in [5, 5.41) is 3.57. The van der Waals surface area contributed by atoms with Crippen LogP contribution in [0.5, 0.6) is 0 Å². The molecule has 2 aromatic heterocycles. The number of rotatable bonds is 4. The van der Waals surface area contributed by atoms with Gasteiger partial charge in [-0.2, -0.15) is 0 Å². The van der Waals surface area contributed by atoms with Crippen LogP contribution in [-0.4, -0.2) is 20.3 Å². The molecule has 0 bridgehead atoms. The lowest BCUT2D eigenvalue weighted by Gasteiger charge is -2.10. The molecule has 1 N–H and O–H groups in total. The minimum Gasteiger partial charge on any atom is -0.326 e. The number of imidazole rings is 1. The van der Waals surface area contributed by atoms with E-state index in [2.05, 4.69) is 15.3 Å². The summed E-state index contributed by atoms with van der Waals surface area (Å²) in [6.45, 7) is 1.96. The van der Waals surface area contributed by atoms with E-state index in [1.54, 1.807) is 12.3 Å². The highest BCUT2D eigenvalue weighted by Crippen LogP contribution is 2.25. The van der Waals surface area contributed by atoms with Gasteiger partial charge in [-0.25, -0.2) is 9.97 Å². The average molecular weight is 377 g/mol. The summed E-state index contributed by atoms with van der Waals surface area (Å²) < 4.78 is 1.87. The van der Waals surface area contributed by atoms with Crippen molar-refractivity contribution in [3.05, 3.63) is 83.3 Å². The number of aromatic nitrogens is 3. The number of aryl methyl sites for hydroxylation is 1. The normalized spacial score (nSPS) is 10.9. The van der Waals surface area contributed by atoms with E-state index in [0.29, 0.717) is 10.8 Å². The van der Waals surface area contributed by atoms with Gasteiger partial charge in [-0.3, -0.25) is 9.20 Å². The molecule has 6 heteroatoms. The maximum Gasteiger partial charge on any atom is 0.234 e. The van der Waals surface area contributed by atoms with E-state index in [9.17, 15) is 4.79 Å². The Labute approximate surface area is 161 Å². The SMILES string of the molecule is Cc1ccc(-c2cn3cccnc3n2)cc1NC(=O)Cc1ccccc1Cl. The molecule has 0 aliphatic carbocycles. The fourth-order valence-electron chi connectivity index (χ4n) is 2.89. The van der Waals surface area contributed by atoms with E-state index < -0.39 is 0 Å². The van der Waals surface area contributed by atoms with Gasteiger partial charge in [-0.1, -0.05) is 41.9 Å². The first-order valence-electron chi connectivity index (χ1n) is 8.54. The van der Waals surface area contributed by atoms with Crippen LogP contribution in [0.1, 0.15) is 11.1 Å². The number of benzene rings is 2. The van der Waals surface area contributed by atoms with Gasteiger partial charge in [0.15, 0.2) is 0 Å². The molecular formula is C21H17ClN4O.